The number of ketones is 1. The molecule has 0 heterocycles. The third-order valence-corrected chi connectivity index (χ3v) is 7.68. The first-order valence-corrected chi connectivity index (χ1v) is 14.9. The monoisotopic (exact) mass is 452 g/mol. The van der Waals surface area contributed by atoms with Crippen LogP contribution in [0.15, 0.2) is 54.6 Å². The fourth-order valence-electron chi connectivity index (χ4n) is 4.04. The van der Waals surface area contributed by atoms with Crippen molar-refractivity contribution in [2.75, 3.05) is 6.61 Å². The van der Waals surface area contributed by atoms with Gasteiger partial charge in [0.15, 0.2) is 5.78 Å². The molecule has 3 atom stereocenters. The summed E-state index contributed by atoms with van der Waals surface area (Å²) in [5, 5.41) is 0. The first-order chi connectivity index (χ1) is 15.3. The zero-order valence-electron chi connectivity index (χ0n) is 19.1. The van der Waals surface area contributed by atoms with Crippen LogP contribution in [0, 0.1) is 17.8 Å². The van der Waals surface area contributed by atoms with Crippen molar-refractivity contribution >= 4 is 26.1 Å². The van der Waals surface area contributed by atoms with Crippen molar-refractivity contribution in [3.05, 3.63) is 65.7 Å². The van der Waals surface area contributed by atoms with E-state index in [4.69, 9.17) is 9.47 Å². The van der Waals surface area contributed by atoms with E-state index in [2.05, 4.69) is 19.6 Å². The molecule has 1 aliphatic rings. The molecule has 0 unspecified atom stereocenters. The molecule has 1 aliphatic carbocycles. The molecule has 0 N–H and O–H groups in total. The Morgan fingerprint density at radius 1 is 1.00 bits per heavy atom. The molecule has 32 heavy (non-hydrogen) atoms. The van der Waals surface area contributed by atoms with Gasteiger partial charge in [-0.15, -0.1) is 0 Å². The van der Waals surface area contributed by atoms with E-state index in [1.165, 1.54) is 0 Å². The van der Waals surface area contributed by atoms with Crippen molar-refractivity contribution in [3.8, 4) is 5.75 Å². The van der Waals surface area contributed by atoms with Crippen molar-refractivity contribution in [1.82, 2.24) is 0 Å². The first-order valence-electron chi connectivity index (χ1n) is 11.2. The number of benzene rings is 2. The summed E-state index contributed by atoms with van der Waals surface area (Å²) in [6.07, 6.45) is 1.85. The maximum Gasteiger partial charge on any atom is 0.310 e. The van der Waals surface area contributed by atoms with Crippen LogP contribution in [0.1, 0.15) is 28.8 Å². The lowest BCUT2D eigenvalue weighted by Crippen LogP contribution is -2.33. The lowest BCUT2D eigenvalue weighted by molar-refractivity contribution is -0.151. The number of Topliss-reactive ketones (excluding diaryl/α,β-unsaturated/α-hetero) is 1. The second-order valence-corrected chi connectivity index (χ2v) is 15.3. The summed E-state index contributed by atoms with van der Waals surface area (Å²) < 4.78 is 11.3. The Morgan fingerprint density at radius 2 is 1.69 bits per heavy atom. The Bertz CT molecular complexity index is 917. The molecule has 2 aromatic carbocycles. The van der Waals surface area contributed by atoms with Crippen LogP contribution >= 0.6 is 0 Å². The summed E-state index contributed by atoms with van der Waals surface area (Å²) in [6.45, 7) is 7.44. The van der Waals surface area contributed by atoms with E-state index in [9.17, 15) is 14.4 Å². The molecule has 0 saturated heterocycles. The molecule has 0 aromatic heterocycles. The maximum absolute atomic E-state index is 13.2. The van der Waals surface area contributed by atoms with E-state index in [0.29, 0.717) is 37.4 Å². The molecule has 1 fully saturated rings. The van der Waals surface area contributed by atoms with Gasteiger partial charge in [-0.05, 0) is 48.7 Å². The van der Waals surface area contributed by atoms with E-state index in [-0.39, 0.29) is 5.78 Å². The Kier molecular flexibility index (Phi) is 8.02. The zero-order valence-corrected chi connectivity index (χ0v) is 20.1. The standard InChI is InChI=1S/C26H32O5Si/c1-32(2,3)16-15-30-26(29)24-21(17-27)11-14-23(24)25(28)20-9-12-22(13-10-20)31-18-19-7-5-4-6-8-19/h4-10,12-13,17,21,23-24H,11,14-16,18H2,1-3H3/t21-,23-,24-/m0/s1. The fourth-order valence-corrected chi connectivity index (χ4v) is 4.75. The number of carbonyl (C=O) groups is 3. The Balaban J connectivity index is 1.63. The normalized spacial score (nSPS) is 20.5. The number of hydrogen-bond donors (Lipinski definition) is 0. The van der Waals surface area contributed by atoms with Crippen LogP contribution in [-0.2, 0) is 20.9 Å². The predicted octanol–water partition coefficient (Wildman–Crippen LogP) is 5.17. The van der Waals surface area contributed by atoms with Gasteiger partial charge in [-0.3, -0.25) is 9.59 Å². The van der Waals surface area contributed by atoms with Crippen molar-refractivity contribution in [1.29, 1.82) is 0 Å². The largest absolute Gasteiger partial charge is 0.489 e. The van der Waals surface area contributed by atoms with Crippen molar-refractivity contribution in [3.63, 3.8) is 0 Å². The highest BCUT2D eigenvalue weighted by Crippen LogP contribution is 2.39. The minimum atomic E-state index is -1.34. The summed E-state index contributed by atoms with van der Waals surface area (Å²) in [4.78, 5) is 37.5. The van der Waals surface area contributed by atoms with Gasteiger partial charge in [-0.2, -0.15) is 0 Å². The topological polar surface area (TPSA) is 69.7 Å². The smallest absolute Gasteiger partial charge is 0.310 e. The van der Waals surface area contributed by atoms with Gasteiger partial charge in [0.05, 0.1) is 12.5 Å². The van der Waals surface area contributed by atoms with Gasteiger partial charge in [0, 0.05) is 25.5 Å². The molecule has 0 spiro atoms. The molecule has 1 saturated carbocycles. The number of esters is 1. The summed E-state index contributed by atoms with van der Waals surface area (Å²) in [5.41, 5.74) is 1.59. The van der Waals surface area contributed by atoms with Crippen LogP contribution < -0.4 is 4.74 Å². The molecule has 0 bridgehead atoms. The molecule has 6 heteroatoms. The van der Waals surface area contributed by atoms with Crippen molar-refractivity contribution in [2.24, 2.45) is 17.8 Å². The van der Waals surface area contributed by atoms with Gasteiger partial charge in [0.1, 0.15) is 18.6 Å². The van der Waals surface area contributed by atoms with Crippen LogP contribution in [0.25, 0.3) is 0 Å². The second kappa shape index (κ2) is 10.7. The molecule has 170 valence electrons. The van der Waals surface area contributed by atoms with Gasteiger partial charge in [-0.25, -0.2) is 0 Å². The molecule has 0 amide bonds. The van der Waals surface area contributed by atoms with E-state index in [1.54, 1.807) is 24.3 Å². The number of rotatable bonds is 10. The van der Waals surface area contributed by atoms with Crippen LogP contribution in [-0.4, -0.2) is 32.7 Å². The minimum Gasteiger partial charge on any atom is -0.489 e. The Hall–Kier alpha value is -2.73. The lowest BCUT2D eigenvalue weighted by atomic mass is 9.85. The Labute approximate surface area is 191 Å². The Morgan fingerprint density at radius 3 is 2.31 bits per heavy atom. The quantitative estimate of drug-likeness (QED) is 0.215. The summed E-state index contributed by atoms with van der Waals surface area (Å²) >= 11 is 0. The van der Waals surface area contributed by atoms with Gasteiger partial charge in [-0.1, -0.05) is 50.0 Å². The van der Waals surface area contributed by atoms with Crippen LogP contribution in [0.4, 0.5) is 0 Å². The molecule has 3 rings (SSSR count). The highest BCUT2D eigenvalue weighted by atomic mass is 28.3. The summed E-state index contributed by atoms with van der Waals surface area (Å²) in [6, 6.07) is 17.7. The number of hydrogen-bond acceptors (Lipinski definition) is 5. The third-order valence-electron chi connectivity index (χ3n) is 5.97. The molecule has 2 aromatic rings. The number of aldehydes is 1. The van der Waals surface area contributed by atoms with Gasteiger partial charge in [0.2, 0.25) is 0 Å². The molecule has 0 radical (unpaired) electrons. The maximum atomic E-state index is 13.2. The highest BCUT2D eigenvalue weighted by Gasteiger charge is 2.45. The van der Waals surface area contributed by atoms with Gasteiger partial charge in [0.25, 0.3) is 0 Å². The summed E-state index contributed by atoms with van der Waals surface area (Å²) in [7, 11) is -1.34. The highest BCUT2D eigenvalue weighted by molar-refractivity contribution is 6.76. The van der Waals surface area contributed by atoms with Crippen LogP contribution in [0.5, 0.6) is 5.75 Å². The molecular formula is C26H32O5Si. The summed E-state index contributed by atoms with van der Waals surface area (Å²) in [5.74, 6) is -1.55. The van der Waals surface area contributed by atoms with Crippen molar-refractivity contribution in [2.45, 2.75) is 45.1 Å². The first kappa shape index (κ1) is 23.9. The number of carbonyl (C=O) groups excluding carboxylic acids is 3. The molecule has 0 aliphatic heterocycles. The van der Waals surface area contributed by atoms with E-state index in [0.717, 1.165) is 17.9 Å². The van der Waals surface area contributed by atoms with Crippen LogP contribution in [0.3, 0.4) is 0 Å². The van der Waals surface area contributed by atoms with Crippen molar-refractivity contribution < 1.29 is 23.9 Å². The minimum absolute atomic E-state index is 0.115. The van der Waals surface area contributed by atoms with E-state index >= 15 is 0 Å². The van der Waals surface area contributed by atoms with Crippen LogP contribution in [0.2, 0.25) is 25.7 Å². The number of ether oxygens (including phenoxy) is 2. The molecule has 5 nitrogen and oxygen atoms in total. The lowest BCUT2D eigenvalue weighted by Gasteiger charge is -2.21. The average Bonchev–Trinajstić information content (AvgIpc) is 3.21. The second-order valence-electron chi connectivity index (χ2n) is 9.65. The van der Waals surface area contributed by atoms with Gasteiger partial charge >= 0.3 is 5.97 Å². The third kappa shape index (κ3) is 6.39. The SMILES string of the molecule is C[Si](C)(C)CCOC(=O)[C@H]1[C@H](C=O)CC[C@@H]1C(=O)c1ccc(OCc2ccccc2)cc1. The van der Waals surface area contributed by atoms with E-state index < -0.39 is 31.8 Å². The predicted molar refractivity (Wildman–Crippen MR) is 126 cm³/mol. The fraction of sp³-hybridized carbons (Fsp3) is 0.423. The average molecular weight is 453 g/mol. The zero-order chi connectivity index (χ0) is 23.1. The van der Waals surface area contributed by atoms with Gasteiger partial charge < -0.3 is 14.3 Å². The molecular weight excluding hydrogens is 420 g/mol. The van der Waals surface area contributed by atoms with E-state index in [1.807, 2.05) is 30.3 Å².